The summed E-state index contributed by atoms with van der Waals surface area (Å²) in [6.07, 6.45) is 9.63. The first-order chi connectivity index (χ1) is 3.41. The van der Waals surface area contributed by atoms with Gasteiger partial charge < -0.3 is 0 Å². The zero-order valence-corrected chi connectivity index (χ0v) is 5.61. The van der Waals surface area contributed by atoms with Crippen LogP contribution >= 0.6 is 15.9 Å². The van der Waals surface area contributed by atoms with Gasteiger partial charge in [0.2, 0.25) is 0 Å². The van der Waals surface area contributed by atoms with E-state index in [0.29, 0.717) is 0 Å². The third-order valence-corrected chi connectivity index (χ3v) is 0.865. The molecule has 0 saturated carbocycles. The van der Waals surface area contributed by atoms with Crippen LogP contribution in [-0.4, -0.2) is 5.33 Å². The Morgan fingerprint density at radius 3 is 2.71 bits per heavy atom. The second kappa shape index (κ2) is 5.78. The Labute approximate surface area is 52.7 Å². The van der Waals surface area contributed by atoms with Gasteiger partial charge in [0.05, 0.1) is 0 Å². The van der Waals surface area contributed by atoms with E-state index in [1.165, 1.54) is 0 Å². The van der Waals surface area contributed by atoms with Gasteiger partial charge in [0.15, 0.2) is 0 Å². The lowest BCUT2D eigenvalue weighted by Crippen LogP contribution is -1.58. The van der Waals surface area contributed by atoms with Gasteiger partial charge in [-0.2, -0.15) is 0 Å². The second-order valence-corrected chi connectivity index (χ2v) is 1.68. The van der Waals surface area contributed by atoms with E-state index in [1.54, 1.807) is 0 Å². The van der Waals surface area contributed by atoms with E-state index in [0.717, 1.165) is 11.8 Å². The highest BCUT2D eigenvalue weighted by Gasteiger charge is 1.64. The molecule has 0 aliphatic heterocycles. The summed E-state index contributed by atoms with van der Waals surface area (Å²) < 4.78 is 0. The Morgan fingerprint density at radius 2 is 2.29 bits per heavy atom. The van der Waals surface area contributed by atoms with Crippen LogP contribution in [0, 0.1) is 12.3 Å². The van der Waals surface area contributed by atoms with Gasteiger partial charge in [-0.25, -0.2) is 0 Å². The predicted molar refractivity (Wildman–Crippen MR) is 36.4 cm³/mol. The van der Waals surface area contributed by atoms with Crippen molar-refractivity contribution in [3.63, 3.8) is 0 Å². The third kappa shape index (κ3) is 5.78. The van der Waals surface area contributed by atoms with Gasteiger partial charge in [-0.05, 0) is 0 Å². The molecule has 0 aromatic heterocycles. The smallest absolute Gasteiger partial charge is 0.0267 e. The lowest BCUT2D eigenvalue weighted by molar-refractivity contribution is 1.46. The maximum atomic E-state index is 4.95. The monoisotopic (exact) mass is 158 g/mol. The van der Waals surface area contributed by atoms with E-state index < -0.39 is 0 Å². The zero-order valence-electron chi connectivity index (χ0n) is 4.02. The molecule has 0 N–H and O–H groups in total. The molecule has 7 heavy (non-hydrogen) atoms. The van der Waals surface area contributed by atoms with Crippen molar-refractivity contribution in [3.05, 3.63) is 12.2 Å². The van der Waals surface area contributed by atoms with Crippen LogP contribution in [0.1, 0.15) is 6.42 Å². The molecule has 0 aliphatic carbocycles. The van der Waals surface area contributed by atoms with Crippen LogP contribution in [0.5, 0.6) is 0 Å². The van der Waals surface area contributed by atoms with Gasteiger partial charge in [-0.15, -0.1) is 12.3 Å². The molecule has 0 aromatic carbocycles. The second-order valence-electron chi connectivity index (χ2n) is 1.03. The van der Waals surface area contributed by atoms with Crippen molar-refractivity contribution in [3.8, 4) is 12.3 Å². The van der Waals surface area contributed by atoms with Crippen molar-refractivity contribution in [2.24, 2.45) is 0 Å². The van der Waals surface area contributed by atoms with Crippen molar-refractivity contribution in [1.82, 2.24) is 0 Å². The number of hydrogen-bond acceptors (Lipinski definition) is 0. The van der Waals surface area contributed by atoms with Gasteiger partial charge in [0.25, 0.3) is 0 Å². The number of terminal acetylenes is 1. The number of halogens is 1. The Balaban J connectivity index is 2.97. The average molecular weight is 159 g/mol. The number of hydrogen-bond donors (Lipinski definition) is 0. The van der Waals surface area contributed by atoms with Gasteiger partial charge in [0, 0.05) is 11.8 Å². The SMILES string of the molecule is C#CCC=CCBr. The normalized spacial score (nSPS) is 9.14. The Hall–Kier alpha value is -0.220. The molecule has 0 bridgehead atoms. The minimum Gasteiger partial charge on any atom is -0.120 e. The highest BCUT2D eigenvalue weighted by Crippen LogP contribution is 1.83. The molecule has 0 rings (SSSR count). The molecule has 0 aromatic rings. The summed E-state index contributed by atoms with van der Waals surface area (Å²) in [4.78, 5) is 0. The standard InChI is InChI=1S/C6H7Br/c1-2-3-4-5-6-7/h1,4-5H,3,6H2. The van der Waals surface area contributed by atoms with Gasteiger partial charge in [0.1, 0.15) is 0 Å². The zero-order chi connectivity index (χ0) is 5.54. The molecule has 1 heteroatoms. The van der Waals surface area contributed by atoms with E-state index in [2.05, 4.69) is 21.9 Å². The highest BCUT2D eigenvalue weighted by molar-refractivity contribution is 9.09. The summed E-state index contributed by atoms with van der Waals surface area (Å²) in [6.45, 7) is 0. The van der Waals surface area contributed by atoms with Crippen LogP contribution in [-0.2, 0) is 0 Å². The summed E-state index contributed by atoms with van der Waals surface area (Å²) >= 11 is 3.22. The van der Waals surface area contributed by atoms with E-state index in [9.17, 15) is 0 Å². The fourth-order valence-corrected chi connectivity index (χ4v) is 0.479. The summed E-state index contributed by atoms with van der Waals surface area (Å²) in [5.41, 5.74) is 0. The van der Waals surface area contributed by atoms with Crippen LogP contribution < -0.4 is 0 Å². The fraction of sp³-hybridized carbons (Fsp3) is 0.333. The van der Waals surface area contributed by atoms with E-state index in [4.69, 9.17) is 6.42 Å². The lowest BCUT2D eigenvalue weighted by Gasteiger charge is -1.71. The highest BCUT2D eigenvalue weighted by atomic mass is 79.9. The van der Waals surface area contributed by atoms with E-state index in [1.807, 2.05) is 12.2 Å². The van der Waals surface area contributed by atoms with Crippen molar-refractivity contribution in [1.29, 1.82) is 0 Å². The Bertz CT molecular complexity index is 86.8. The lowest BCUT2D eigenvalue weighted by atomic mass is 10.4. The first-order valence-corrected chi connectivity index (χ1v) is 3.18. The first-order valence-electron chi connectivity index (χ1n) is 2.06. The summed E-state index contributed by atoms with van der Waals surface area (Å²) in [5, 5.41) is 0.898. The van der Waals surface area contributed by atoms with Crippen LogP contribution in [0.3, 0.4) is 0 Å². The van der Waals surface area contributed by atoms with Crippen LogP contribution in [0.25, 0.3) is 0 Å². The summed E-state index contributed by atoms with van der Waals surface area (Å²) in [5.74, 6) is 2.49. The van der Waals surface area contributed by atoms with Crippen molar-refractivity contribution < 1.29 is 0 Å². The minimum absolute atomic E-state index is 0.742. The number of allylic oxidation sites excluding steroid dienone is 2. The number of alkyl halides is 1. The average Bonchev–Trinajstić information content (AvgIpc) is 1.69. The summed E-state index contributed by atoms with van der Waals surface area (Å²) in [7, 11) is 0. The van der Waals surface area contributed by atoms with Crippen molar-refractivity contribution in [2.45, 2.75) is 6.42 Å². The molecule has 0 spiro atoms. The maximum Gasteiger partial charge on any atom is 0.0267 e. The Morgan fingerprint density at radius 1 is 1.57 bits per heavy atom. The molecule has 0 radical (unpaired) electrons. The predicted octanol–water partition coefficient (Wildman–Crippen LogP) is 1.96. The number of rotatable bonds is 2. The fourth-order valence-electron chi connectivity index (χ4n) is 0.214. The maximum absolute atomic E-state index is 4.95. The van der Waals surface area contributed by atoms with Crippen LogP contribution in [0.2, 0.25) is 0 Å². The quantitative estimate of drug-likeness (QED) is 0.328. The van der Waals surface area contributed by atoms with Crippen molar-refractivity contribution >= 4 is 15.9 Å². The molecular formula is C6H7Br. The summed E-state index contributed by atoms with van der Waals surface area (Å²) in [6, 6.07) is 0. The van der Waals surface area contributed by atoms with Gasteiger partial charge in [-0.3, -0.25) is 0 Å². The molecule has 0 fully saturated rings. The van der Waals surface area contributed by atoms with E-state index in [-0.39, 0.29) is 0 Å². The van der Waals surface area contributed by atoms with Gasteiger partial charge >= 0.3 is 0 Å². The molecule has 0 unspecified atom stereocenters. The first kappa shape index (κ1) is 6.78. The van der Waals surface area contributed by atoms with Gasteiger partial charge in [-0.1, -0.05) is 28.1 Å². The molecule has 0 nitrogen and oxygen atoms in total. The third-order valence-electron chi connectivity index (χ3n) is 0.491. The molecule has 0 heterocycles. The van der Waals surface area contributed by atoms with Crippen LogP contribution in [0.15, 0.2) is 12.2 Å². The van der Waals surface area contributed by atoms with E-state index >= 15 is 0 Å². The molecule has 0 atom stereocenters. The molecule has 38 valence electrons. The molecule has 0 amide bonds. The molecular weight excluding hydrogens is 152 g/mol. The van der Waals surface area contributed by atoms with Crippen molar-refractivity contribution in [2.75, 3.05) is 5.33 Å². The largest absolute Gasteiger partial charge is 0.120 e. The topological polar surface area (TPSA) is 0 Å². The molecule has 0 saturated heterocycles. The Kier molecular flexibility index (Phi) is 5.60. The minimum atomic E-state index is 0.742. The molecule has 0 aliphatic rings. The van der Waals surface area contributed by atoms with Crippen LogP contribution in [0.4, 0.5) is 0 Å².